The molecule has 2 rings (SSSR count). The van der Waals surface area contributed by atoms with Crippen molar-refractivity contribution in [1.82, 2.24) is 0 Å². The molecule has 18 heavy (non-hydrogen) atoms. The zero-order chi connectivity index (χ0) is 13.1. The number of methoxy groups -OCH3 is 1. The van der Waals surface area contributed by atoms with Gasteiger partial charge in [-0.1, -0.05) is 0 Å². The van der Waals surface area contributed by atoms with Gasteiger partial charge in [0, 0.05) is 24.8 Å². The van der Waals surface area contributed by atoms with Gasteiger partial charge in [0.25, 0.3) is 5.69 Å². The Kier molecular flexibility index (Phi) is 3.57. The summed E-state index contributed by atoms with van der Waals surface area (Å²) in [6.07, 6.45) is 2.50. The molecule has 1 aromatic rings. The zero-order valence-corrected chi connectivity index (χ0v) is 9.96. The number of nitro groups is 1. The third kappa shape index (κ3) is 2.48. The fourth-order valence-corrected chi connectivity index (χ4v) is 1.99. The van der Waals surface area contributed by atoms with Crippen molar-refractivity contribution < 1.29 is 14.5 Å². The SMILES string of the molecule is COC1CC(Nc2ccc(C=O)cc2[N+](=O)[O-])C1. The maximum absolute atomic E-state index is 10.9. The standard InChI is InChI=1S/C12H14N2O4/c1-18-10-5-9(6-10)13-11-3-2-8(7-15)4-12(11)14(16)17/h2-4,7,9-10,13H,5-6H2,1H3. The average Bonchev–Trinajstić information content (AvgIpc) is 2.33. The monoisotopic (exact) mass is 250 g/mol. The number of rotatable bonds is 5. The first-order valence-electron chi connectivity index (χ1n) is 5.67. The molecule has 6 nitrogen and oxygen atoms in total. The van der Waals surface area contributed by atoms with E-state index in [0.29, 0.717) is 17.5 Å². The number of carbonyl (C=O) groups excluding carboxylic acids is 1. The quantitative estimate of drug-likeness (QED) is 0.491. The second-order valence-electron chi connectivity index (χ2n) is 4.32. The van der Waals surface area contributed by atoms with E-state index in [2.05, 4.69) is 5.32 Å². The minimum absolute atomic E-state index is 0.0690. The summed E-state index contributed by atoms with van der Waals surface area (Å²) in [6.45, 7) is 0. The van der Waals surface area contributed by atoms with Crippen molar-refractivity contribution in [2.24, 2.45) is 0 Å². The second kappa shape index (κ2) is 5.14. The molecular formula is C12H14N2O4. The van der Waals surface area contributed by atoms with Gasteiger partial charge < -0.3 is 10.1 Å². The van der Waals surface area contributed by atoms with E-state index in [-0.39, 0.29) is 17.8 Å². The topological polar surface area (TPSA) is 81.5 Å². The van der Waals surface area contributed by atoms with Crippen LogP contribution < -0.4 is 5.32 Å². The highest BCUT2D eigenvalue weighted by Crippen LogP contribution is 2.31. The molecule has 1 fully saturated rings. The number of aldehydes is 1. The summed E-state index contributed by atoms with van der Waals surface area (Å²) in [7, 11) is 1.65. The van der Waals surface area contributed by atoms with E-state index < -0.39 is 4.92 Å². The van der Waals surface area contributed by atoms with Gasteiger partial charge in [-0.15, -0.1) is 0 Å². The fourth-order valence-electron chi connectivity index (χ4n) is 1.99. The van der Waals surface area contributed by atoms with Crippen LogP contribution in [0.15, 0.2) is 18.2 Å². The third-order valence-electron chi connectivity index (χ3n) is 3.14. The molecule has 0 aliphatic heterocycles. The van der Waals surface area contributed by atoms with Gasteiger partial charge in [0.05, 0.1) is 11.0 Å². The molecule has 0 saturated heterocycles. The Hall–Kier alpha value is -1.95. The first-order valence-corrected chi connectivity index (χ1v) is 5.67. The molecular weight excluding hydrogens is 236 g/mol. The molecule has 0 unspecified atom stereocenters. The molecule has 6 heteroatoms. The number of ether oxygens (including phenoxy) is 1. The Morgan fingerprint density at radius 1 is 1.50 bits per heavy atom. The summed E-state index contributed by atoms with van der Waals surface area (Å²) in [5.41, 5.74) is 0.682. The number of benzene rings is 1. The number of nitrogens with one attached hydrogen (secondary N) is 1. The lowest BCUT2D eigenvalue weighted by Crippen LogP contribution is -2.40. The summed E-state index contributed by atoms with van der Waals surface area (Å²) >= 11 is 0. The van der Waals surface area contributed by atoms with Crippen LogP contribution in [0.1, 0.15) is 23.2 Å². The molecule has 1 aliphatic carbocycles. The molecule has 1 aliphatic rings. The van der Waals surface area contributed by atoms with Gasteiger partial charge in [0.15, 0.2) is 0 Å². The minimum Gasteiger partial charge on any atom is -0.381 e. The van der Waals surface area contributed by atoms with Crippen molar-refractivity contribution in [3.8, 4) is 0 Å². The van der Waals surface area contributed by atoms with E-state index in [1.54, 1.807) is 19.2 Å². The molecule has 96 valence electrons. The van der Waals surface area contributed by atoms with Crippen LogP contribution in [0.4, 0.5) is 11.4 Å². The lowest BCUT2D eigenvalue weighted by molar-refractivity contribution is -0.384. The average molecular weight is 250 g/mol. The second-order valence-corrected chi connectivity index (χ2v) is 4.32. The van der Waals surface area contributed by atoms with Crippen LogP contribution in [0.5, 0.6) is 0 Å². The molecule has 1 saturated carbocycles. The highest BCUT2D eigenvalue weighted by Gasteiger charge is 2.30. The Balaban J connectivity index is 2.12. The number of nitrogens with zero attached hydrogens (tertiary/aromatic N) is 1. The van der Waals surface area contributed by atoms with E-state index >= 15 is 0 Å². The number of hydrogen-bond acceptors (Lipinski definition) is 5. The lowest BCUT2D eigenvalue weighted by Gasteiger charge is -2.35. The van der Waals surface area contributed by atoms with Crippen LogP contribution in [-0.2, 0) is 4.74 Å². The number of hydrogen-bond donors (Lipinski definition) is 1. The normalized spacial score (nSPS) is 22.1. The largest absolute Gasteiger partial charge is 0.381 e. The molecule has 0 atom stereocenters. The number of nitro benzene ring substituents is 1. The molecule has 0 spiro atoms. The predicted molar refractivity (Wildman–Crippen MR) is 65.9 cm³/mol. The first kappa shape index (κ1) is 12.5. The van der Waals surface area contributed by atoms with Gasteiger partial charge in [0.2, 0.25) is 0 Å². The smallest absolute Gasteiger partial charge is 0.293 e. The maximum atomic E-state index is 10.9. The van der Waals surface area contributed by atoms with Crippen molar-refractivity contribution >= 4 is 17.7 Å². The molecule has 0 amide bonds. The number of carbonyl (C=O) groups is 1. The molecule has 0 radical (unpaired) electrons. The van der Waals surface area contributed by atoms with Crippen LogP contribution in [0.2, 0.25) is 0 Å². The Morgan fingerprint density at radius 2 is 2.22 bits per heavy atom. The summed E-state index contributed by atoms with van der Waals surface area (Å²) in [4.78, 5) is 21.0. The first-order chi connectivity index (χ1) is 8.63. The van der Waals surface area contributed by atoms with Gasteiger partial charge in [-0.05, 0) is 25.0 Å². The van der Waals surface area contributed by atoms with E-state index in [4.69, 9.17) is 4.74 Å². The molecule has 0 bridgehead atoms. The summed E-state index contributed by atoms with van der Waals surface area (Å²) in [5.74, 6) is 0. The van der Waals surface area contributed by atoms with Crippen LogP contribution in [-0.4, -0.2) is 30.5 Å². The van der Waals surface area contributed by atoms with Crippen LogP contribution in [0.3, 0.4) is 0 Å². The third-order valence-corrected chi connectivity index (χ3v) is 3.14. The summed E-state index contributed by atoms with van der Waals surface area (Å²) < 4.78 is 5.15. The fraction of sp³-hybridized carbons (Fsp3) is 0.417. The Labute approximate surface area is 104 Å². The van der Waals surface area contributed by atoms with Gasteiger partial charge in [-0.3, -0.25) is 14.9 Å². The van der Waals surface area contributed by atoms with Crippen LogP contribution >= 0.6 is 0 Å². The van der Waals surface area contributed by atoms with Crippen LogP contribution in [0.25, 0.3) is 0 Å². The highest BCUT2D eigenvalue weighted by atomic mass is 16.6. The van der Waals surface area contributed by atoms with Gasteiger partial charge in [-0.25, -0.2) is 0 Å². The van der Waals surface area contributed by atoms with Crippen molar-refractivity contribution in [2.45, 2.75) is 25.0 Å². The Bertz CT molecular complexity index is 469. The van der Waals surface area contributed by atoms with E-state index in [9.17, 15) is 14.9 Å². The van der Waals surface area contributed by atoms with Crippen molar-refractivity contribution in [2.75, 3.05) is 12.4 Å². The van der Waals surface area contributed by atoms with Crippen molar-refractivity contribution in [1.29, 1.82) is 0 Å². The van der Waals surface area contributed by atoms with E-state index in [1.807, 2.05) is 0 Å². The predicted octanol–water partition coefficient (Wildman–Crippen LogP) is 2.00. The van der Waals surface area contributed by atoms with Gasteiger partial charge >= 0.3 is 0 Å². The van der Waals surface area contributed by atoms with Crippen molar-refractivity contribution in [3.05, 3.63) is 33.9 Å². The maximum Gasteiger partial charge on any atom is 0.293 e. The molecule has 0 heterocycles. The van der Waals surface area contributed by atoms with Crippen molar-refractivity contribution in [3.63, 3.8) is 0 Å². The lowest BCUT2D eigenvalue weighted by atomic mass is 9.89. The minimum atomic E-state index is -0.484. The van der Waals surface area contributed by atoms with Gasteiger partial charge in [0.1, 0.15) is 12.0 Å². The van der Waals surface area contributed by atoms with Crippen LogP contribution in [0, 0.1) is 10.1 Å². The molecule has 1 N–H and O–H groups in total. The molecule has 1 aromatic carbocycles. The Morgan fingerprint density at radius 3 is 2.78 bits per heavy atom. The molecule has 0 aromatic heterocycles. The summed E-state index contributed by atoms with van der Waals surface area (Å²) in [5, 5.41) is 14.0. The van der Waals surface area contributed by atoms with Gasteiger partial charge in [-0.2, -0.15) is 0 Å². The number of anilines is 1. The summed E-state index contributed by atoms with van der Waals surface area (Å²) in [6, 6.07) is 4.61. The van der Waals surface area contributed by atoms with E-state index in [1.165, 1.54) is 6.07 Å². The van der Waals surface area contributed by atoms with E-state index in [0.717, 1.165) is 12.8 Å². The zero-order valence-electron chi connectivity index (χ0n) is 9.96. The highest BCUT2D eigenvalue weighted by molar-refractivity contribution is 5.79.